The number of fused-ring (bicyclic) bond motifs is 1. The molecule has 2 heterocycles. The summed E-state index contributed by atoms with van der Waals surface area (Å²) >= 11 is 1.73. The lowest BCUT2D eigenvalue weighted by Gasteiger charge is -2.37. The van der Waals surface area contributed by atoms with Crippen LogP contribution in [0.5, 0.6) is 0 Å². The summed E-state index contributed by atoms with van der Waals surface area (Å²) in [5.74, 6) is -0.160. The first-order valence-electron chi connectivity index (χ1n) is 14.3. The van der Waals surface area contributed by atoms with Crippen molar-refractivity contribution in [2.75, 3.05) is 19.6 Å². The number of carbonyl (C=O) groups excluding carboxylic acids is 1. The number of thiophene rings is 1. The number of carbonyl (C=O) groups is 1. The smallest absolute Gasteiger partial charge is 0.243 e. The van der Waals surface area contributed by atoms with E-state index in [-0.39, 0.29) is 34.2 Å². The Bertz CT molecular complexity index is 1410. The van der Waals surface area contributed by atoms with Gasteiger partial charge in [0.15, 0.2) is 0 Å². The van der Waals surface area contributed by atoms with Gasteiger partial charge in [0.2, 0.25) is 15.9 Å². The lowest BCUT2D eigenvalue weighted by molar-refractivity contribution is -0.133. The summed E-state index contributed by atoms with van der Waals surface area (Å²) in [4.78, 5) is 17.4. The molecule has 4 rings (SSSR count). The highest BCUT2D eigenvalue weighted by atomic mass is 32.2. The average Bonchev–Trinajstić information content (AvgIpc) is 3.38. The van der Waals surface area contributed by atoms with Gasteiger partial charge in [-0.3, -0.25) is 4.79 Å². The van der Waals surface area contributed by atoms with Gasteiger partial charge in [-0.05, 0) is 69.5 Å². The lowest BCUT2D eigenvalue weighted by Crippen LogP contribution is -2.47. The fourth-order valence-corrected chi connectivity index (χ4v) is 7.58. The van der Waals surface area contributed by atoms with Crippen LogP contribution in [0.2, 0.25) is 0 Å². The number of hydrogen-bond donors (Lipinski definition) is 0. The predicted molar refractivity (Wildman–Crippen MR) is 166 cm³/mol. The molecule has 1 aromatic heterocycles. The monoisotopic (exact) mass is 580 g/mol. The van der Waals surface area contributed by atoms with Gasteiger partial charge < -0.3 is 4.90 Å². The van der Waals surface area contributed by atoms with Crippen molar-refractivity contribution < 1.29 is 13.2 Å². The van der Waals surface area contributed by atoms with Crippen LogP contribution >= 0.6 is 11.3 Å². The molecular weight excluding hydrogens is 537 g/mol. The van der Waals surface area contributed by atoms with E-state index in [4.69, 9.17) is 0 Å². The molecule has 7 heteroatoms. The van der Waals surface area contributed by atoms with Gasteiger partial charge in [-0.2, -0.15) is 4.31 Å². The minimum atomic E-state index is -3.84. The van der Waals surface area contributed by atoms with Gasteiger partial charge in [0, 0.05) is 18.0 Å². The molecule has 0 spiro atoms. The molecule has 2 aromatic carbocycles. The van der Waals surface area contributed by atoms with Gasteiger partial charge >= 0.3 is 0 Å². The molecule has 0 fully saturated rings. The van der Waals surface area contributed by atoms with Gasteiger partial charge in [-0.25, -0.2) is 8.42 Å². The molecule has 0 aliphatic carbocycles. The van der Waals surface area contributed by atoms with Gasteiger partial charge in [0.25, 0.3) is 0 Å². The molecule has 0 N–H and O–H groups in total. The summed E-state index contributed by atoms with van der Waals surface area (Å²) in [6, 6.07) is 17.6. The highest BCUT2D eigenvalue weighted by Gasteiger charge is 2.35. The first-order valence-corrected chi connectivity index (χ1v) is 16.6. The second-order valence-corrected chi connectivity index (χ2v) is 15.8. The first-order chi connectivity index (χ1) is 18.7. The van der Waals surface area contributed by atoms with Crippen LogP contribution in [-0.2, 0) is 32.1 Å². The summed E-state index contributed by atoms with van der Waals surface area (Å²) in [7, 11) is -3.84. The van der Waals surface area contributed by atoms with E-state index in [0.717, 1.165) is 29.5 Å². The van der Waals surface area contributed by atoms with E-state index in [1.54, 1.807) is 23.5 Å². The van der Waals surface area contributed by atoms with Gasteiger partial charge in [0.1, 0.15) is 0 Å². The van der Waals surface area contributed by atoms with E-state index in [1.165, 1.54) is 14.7 Å². The number of sulfonamides is 1. The third-order valence-electron chi connectivity index (χ3n) is 7.81. The summed E-state index contributed by atoms with van der Waals surface area (Å²) in [6.07, 6.45) is 2.32. The molecule has 1 aliphatic heterocycles. The molecule has 1 amide bonds. The SMILES string of the molecule is CCCCN(CC(=O)N1CCc2sccc2C1c1ccc(C(C)(C)C)cc1)S(=O)(=O)c1ccc(C(C)(C)C)cc1. The molecule has 0 bridgehead atoms. The molecule has 1 aliphatic rings. The second kappa shape index (κ2) is 11.8. The Morgan fingerprint density at radius 2 is 1.50 bits per heavy atom. The summed E-state index contributed by atoms with van der Waals surface area (Å²) in [5, 5.41) is 2.09. The Kier molecular flexibility index (Phi) is 8.98. The van der Waals surface area contributed by atoms with Crippen LogP contribution in [-0.4, -0.2) is 43.2 Å². The topological polar surface area (TPSA) is 57.7 Å². The standard InChI is InChI=1S/C33H44N2O3S2/c1-8-9-20-34(40(37,38)27-16-14-26(15-17-27)33(5,6)7)23-30(36)35-21-18-29-28(19-22-39-29)31(35)24-10-12-25(13-11-24)32(2,3)4/h10-17,19,22,31H,8-9,18,20-21,23H2,1-7H3. The number of rotatable bonds is 8. The van der Waals surface area contributed by atoms with E-state index in [9.17, 15) is 13.2 Å². The van der Waals surface area contributed by atoms with Gasteiger partial charge in [0.05, 0.1) is 17.5 Å². The largest absolute Gasteiger partial charge is 0.330 e. The van der Waals surface area contributed by atoms with Crippen molar-refractivity contribution in [3.63, 3.8) is 0 Å². The summed E-state index contributed by atoms with van der Waals surface area (Å²) in [5.41, 5.74) is 4.48. The summed E-state index contributed by atoms with van der Waals surface area (Å²) in [6.45, 7) is 15.6. The van der Waals surface area contributed by atoms with Crippen LogP contribution in [0.1, 0.15) is 94.5 Å². The third kappa shape index (κ3) is 6.53. The van der Waals surface area contributed by atoms with Crippen molar-refractivity contribution in [2.45, 2.75) is 89.5 Å². The minimum absolute atomic E-state index is 0.0351. The van der Waals surface area contributed by atoms with Gasteiger partial charge in [-0.1, -0.05) is 91.3 Å². The molecule has 0 saturated heterocycles. The van der Waals surface area contributed by atoms with Crippen molar-refractivity contribution in [3.8, 4) is 0 Å². The molecule has 216 valence electrons. The van der Waals surface area contributed by atoms with Gasteiger partial charge in [-0.15, -0.1) is 11.3 Å². The Balaban J connectivity index is 1.64. The highest BCUT2D eigenvalue weighted by molar-refractivity contribution is 7.89. The number of nitrogens with zero attached hydrogens (tertiary/aromatic N) is 2. The van der Waals surface area contributed by atoms with Crippen LogP contribution in [0.3, 0.4) is 0 Å². The van der Waals surface area contributed by atoms with E-state index in [2.05, 4.69) is 77.3 Å². The van der Waals surface area contributed by atoms with Crippen molar-refractivity contribution in [1.82, 2.24) is 9.21 Å². The Hall–Kier alpha value is -2.48. The first kappa shape index (κ1) is 30.5. The van der Waals surface area contributed by atoms with Crippen LogP contribution in [0.25, 0.3) is 0 Å². The minimum Gasteiger partial charge on any atom is -0.330 e. The van der Waals surface area contributed by atoms with Crippen LogP contribution < -0.4 is 0 Å². The fraction of sp³-hybridized carbons (Fsp3) is 0.485. The maximum absolute atomic E-state index is 14.0. The summed E-state index contributed by atoms with van der Waals surface area (Å²) < 4.78 is 29.0. The molecule has 40 heavy (non-hydrogen) atoms. The predicted octanol–water partition coefficient (Wildman–Crippen LogP) is 7.31. The van der Waals surface area contributed by atoms with Crippen LogP contribution in [0, 0.1) is 0 Å². The molecule has 0 saturated carbocycles. The molecule has 3 aromatic rings. The van der Waals surface area contributed by atoms with Crippen molar-refractivity contribution >= 4 is 27.3 Å². The number of amides is 1. The quantitative estimate of drug-likeness (QED) is 0.281. The maximum atomic E-state index is 14.0. The van der Waals surface area contributed by atoms with E-state index < -0.39 is 10.0 Å². The molecule has 1 unspecified atom stereocenters. The third-order valence-corrected chi connectivity index (χ3v) is 10.7. The van der Waals surface area contributed by atoms with Crippen molar-refractivity contribution in [2.24, 2.45) is 0 Å². The Morgan fingerprint density at radius 1 is 0.925 bits per heavy atom. The van der Waals surface area contributed by atoms with Crippen molar-refractivity contribution in [3.05, 3.63) is 87.1 Å². The van der Waals surface area contributed by atoms with Crippen LogP contribution in [0.4, 0.5) is 0 Å². The van der Waals surface area contributed by atoms with E-state index in [0.29, 0.717) is 19.5 Å². The van der Waals surface area contributed by atoms with E-state index >= 15 is 0 Å². The van der Waals surface area contributed by atoms with E-state index in [1.807, 2.05) is 24.0 Å². The average molecular weight is 581 g/mol. The molecule has 5 nitrogen and oxygen atoms in total. The lowest BCUT2D eigenvalue weighted by atomic mass is 9.85. The molecule has 0 radical (unpaired) electrons. The highest BCUT2D eigenvalue weighted by Crippen LogP contribution is 2.39. The zero-order chi connectivity index (χ0) is 29.3. The zero-order valence-corrected chi connectivity index (χ0v) is 26.7. The Labute approximate surface area is 245 Å². The Morgan fingerprint density at radius 3 is 2.05 bits per heavy atom. The number of unbranched alkanes of at least 4 members (excludes halogenated alkanes) is 1. The number of benzene rings is 2. The second-order valence-electron chi connectivity index (χ2n) is 12.9. The zero-order valence-electron chi connectivity index (χ0n) is 25.0. The maximum Gasteiger partial charge on any atom is 0.243 e. The molecule has 1 atom stereocenters. The number of hydrogen-bond acceptors (Lipinski definition) is 4. The normalized spacial score (nSPS) is 16.3. The fourth-order valence-electron chi connectivity index (χ4n) is 5.25. The van der Waals surface area contributed by atoms with Crippen LogP contribution in [0.15, 0.2) is 64.9 Å². The van der Waals surface area contributed by atoms with Crippen molar-refractivity contribution in [1.29, 1.82) is 0 Å². The molecular formula is C33H44N2O3S2.